The molecule has 1 aromatic heterocycles. The first-order valence-corrected chi connectivity index (χ1v) is 10.2. The van der Waals surface area contributed by atoms with Crippen molar-refractivity contribution < 1.29 is 23.5 Å². The summed E-state index contributed by atoms with van der Waals surface area (Å²) in [5.41, 5.74) is 0.910. The summed E-state index contributed by atoms with van der Waals surface area (Å²) in [5.74, 6) is 2.13. The molecule has 1 aromatic carbocycles. The molecule has 3 amide bonds. The third-order valence-electron chi connectivity index (χ3n) is 4.62. The van der Waals surface area contributed by atoms with Crippen LogP contribution in [0.3, 0.4) is 0 Å². The first-order valence-electron chi connectivity index (χ1n) is 10.2. The van der Waals surface area contributed by atoms with Crippen molar-refractivity contribution >= 4 is 11.9 Å². The lowest BCUT2D eigenvalue weighted by Crippen LogP contribution is -2.47. The SMILES string of the molecule is CCNC(=O)N(CC(=O)N(Cc1ccc2c(c1)OCO2)Cc1ccco1)CC(C)C. The molecule has 1 N–H and O–H groups in total. The van der Waals surface area contributed by atoms with Crippen molar-refractivity contribution in [1.29, 1.82) is 0 Å². The Balaban J connectivity index is 1.76. The molecule has 1 aliphatic rings. The van der Waals surface area contributed by atoms with Crippen LogP contribution in [0.1, 0.15) is 32.1 Å². The van der Waals surface area contributed by atoms with Gasteiger partial charge in [0.15, 0.2) is 11.5 Å². The van der Waals surface area contributed by atoms with Crippen molar-refractivity contribution in [2.24, 2.45) is 5.92 Å². The van der Waals surface area contributed by atoms with E-state index in [0.717, 1.165) is 5.56 Å². The van der Waals surface area contributed by atoms with E-state index in [1.807, 2.05) is 45.0 Å². The summed E-state index contributed by atoms with van der Waals surface area (Å²) in [6.45, 7) is 7.77. The minimum atomic E-state index is -0.236. The van der Waals surface area contributed by atoms with Crippen molar-refractivity contribution in [3.63, 3.8) is 0 Å². The van der Waals surface area contributed by atoms with E-state index >= 15 is 0 Å². The van der Waals surface area contributed by atoms with Crippen LogP contribution in [0.25, 0.3) is 0 Å². The number of carbonyl (C=O) groups is 2. The number of hydrogen-bond donors (Lipinski definition) is 1. The minimum absolute atomic E-state index is 0.00469. The number of fused-ring (bicyclic) bond motifs is 1. The van der Waals surface area contributed by atoms with E-state index in [2.05, 4.69) is 5.32 Å². The quantitative estimate of drug-likeness (QED) is 0.680. The zero-order valence-corrected chi connectivity index (χ0v) is 17.7. The summed E-state index contributed by atoms with van der Waals surface area (Å²) in [6, 6.07) is 9.01. The third kappa shape index (κ3) is 5.68. The number of furan rings is 1. The average molecular weight is 415 g/mol. The molecule has 8 nitrogen and oxygen atoms in total. The Kier molecular flexibility index (Phi) is 7.21. The molecule has 0 spiro atoms. The fraction of sp³-hybridized carbons (Fsp3) is 0.455. The number of benzene rings is 1. The van der Waals surface area contributed by atoms with Gasteiger partial charge >= 0.3 is 6.03 Å². The van der Waals surface area contributed by atoms with Crippen molar-refractivity contribution in [2.45, 2.75) is 33.9 Å². The summed E-state index contributed by atoms with van der Waals surface area (Å²) in [6.07, 6.45) is 1.58. The molecule has 3 rings (SSSR count). The normalized spacial score (nSPS) is 12.1. The molecule has 162 valence electrons. The van der Waals surface area contributed by atoms with Crippen LogP contribution < -0.4 is 14.8 Å². The molecule has 2 aromatic rings. The summed E-state index contributed by atoms with van der Waals surface area (Å²) in [7, 11) is 0. The molecule has 0 atom stereocenters. The number of rotatable bonds is 9. The maximum Gasteiger partial charge on any atom is 0.317 e. The first kappa shape index (κ1) is 21.5. The average Bonchev–Trinajstić information content (AvgIpc) is 3.38. The molecule has 0 unspecified atom stereocenters. The molecule has 2 heterocycles. The van der Waals surface area contributed by atoms with Gasteiger partial charge in [-0.2, -0.15) is 0 Å². The number of urea groups is 1. The lowest BCUT2D eigenvalue weighted by molar-refractivity contribution is -0.133. The number of carbonyl (C=O) groups excluding carboxylic acids is 2. The summed E-state index contributed by atoms with van der Waals surface area (Å²) >= 11 is 0. The highest BCUT2D eigenvalue weighted by Crippen LogP contribution is 2.33. The Morgan fingerprint density at radius 1 is 1.10 bits per heavy atom. The molecule has 0 saturated carbocycles. The molecule has 0 bridgehead atoms. The largest absolute Gasteiger partial charge is 0.467 e. The molecule has 1 aliphatic heterocycles. The fourth-order valence-electron chi connectivity index (χ4n) is 3.27. The van der Waals surface area contributed by atoms with E-state index in [1.165, 1.54) is 0 Å². The molecule has 8 heteroatoms. The maximum atomic E-state index is 13.2. The van der Waals surface area contributed by atoms with Crippen molar-refractivity contribution in [3.05, 3.63) is 47.9 Å². The van der Waals surface area contributed by atoms with Crippen LogP contribution in [0.15, 0.2) is 41.0 Å². The van der Waals surface area contributed by atoms with Crippen LogP contribution in [0.2, 0.25) is 0 Å². The van der Waals surface area contributed by atoms with Gasteiger partial charge in [-0.3, -0.25) is 4.79 Å². The van der Waals surface area contributed by atoms with Crippen LogP contribution >= 0.6 is 0 Å². The van der Waals surface area contributed by atoms with Gasteiger partial charge in [0.2, 0.25) is 12.7 Å². The monoisotopic (exact) mass is 415 g/mol. The lowest BCUT2D eigenvalue weighted by Gasteiger charge is -2.28. The van der Waals surface area contributed by atoms with Gasteiger partial charge in [-0.25, -0.2) is 4.79 Å². The molecule has 0 saturated heterocycles. The number of ether oxygens (including phenoxy) is 2. The summed E-state index contributed by atoms with van der Waals surface area (Å²) in [4.78, 5) is 28.9. The van der Waals surface area contributed by atoms with E-state index in [-0.39, 0.29) is 31.2 Å². The Bertz CT molecular complexity index is 850. The third-order valence-corrected chi connectivity index (χ3v) is 4.62. The topological polar surface area (TPSA) is 84.3 Å². The molecule has 0 radical (unpaired) electrons. The van der Waals surface area contributed by atoms with Crippen LogP contribution in [0.4, 0.5) is 4.79 Å². The van der Waals surface area contributed by atoms with Gasteiger partial charge in [0.25, 0.3) is 0 Å². The van der Waals surface area contributed by atoms with Gasteiger partial charge in [-0.1, -0.05) is 19.9 Å². The minimum Gasteiger partial charge on any atom is -0.467 e. The molecule has 0 aliphatic carbocycles. The zero-order chi connectivity index (χ0) is 21.5. The highest BCUT2D eigenvalue weighted by Gasteiger charge is 2.23. The van der Waals surface area contributed by atoms with E-state index in [9.17, 15) is 9.59 Å². The van der Waals surface area contributed by atoms with Gasteiger partial charge in [-0.15, -0.1) is 0 Å². The fourth-order valence-corrected chi connectivity index (χ4v) is 3.27. The Morgan fingerprint density at radius 3 is 2.60 bits per heavy atom. The van der Waals surface area contributed by atoms with Gasteiger partial charge in [0.05, 0.1) is 12.8 Å². The summed E-state index contributed by atoms with van der Waals surface area (Å²) < 4.78 is 16.3. The maximum absolute atomic E-state index is 13.2. The van der Waals surface area contributed by atoms with Gasteiger partial charge in [0, 0.05) is 19.6 Å². The van der Waals surface area contributed by atoms with Gasteiger partial charge in [0.1, 0.15) is 12.3 Å². The van der Waals surface area contributed by atoms with Crippen molar-refractivity contribution in [3.8, 4) is 11.5 Å². The number of nitrogens with zero attached hydrogens (tertiary/aromatic N) is 2. The second-order valence-corrected chi connectivity index (χ2v) is 7.63. The van der Waals surface area contributed by atoms with Crippen LogP contribution in [-0.4, -0.2) is 48.2 Å². The molecule has 0 fully saturated rings. The van der Waals surface area contributed by atoms with E-state index in [0.29, 0.717) is 43.4 Å². The van der Waals surface area contributed by atoms with Gasteiger partial charge in [-0.05, 0) is 42.7 Å². The zero-order valence-electron chi connectivity index (χ0n) is 17.7. The van der Waals surface area contributed by atoms with Crippen LogP contribution in [-0.2, 0) is 17.9 Å². The van der Waals surface area contributed by atoms with Gasteiger partial charge < -0.3 is 29.0 Å². The molecular weight excluding hydrogens is 386 g/mol. The Labute approximate surface area is 176 Å². The van der Waals surface area contributed by atoms with E-state index in [1.54, 1.807) is 22.1 Å². The lowest BCUT2D eigenvalue weighted by atomic mass is 10.1. The summed E-state index contributed by atoms with van der Waals surface area (Å²) in [5, 5.41) is 2.79. The standard InChI is InChI=1S/C22H29N3O5/c1-4-23-22(27)25(11-16(2)3)14-21(26)24(13-18-6-5-9-28-18)12-17-7-8-19-20(10-17)30-15-29-19/h5-10,16H,4,11-15H2,1-3H3,(H,23,27). The smallest absolute Gasteiger partial charge is 0.317 e. The Morgan fingerprint density at radius 2 is 1.90 bits per heavy atom. The van der Waals surface area contributed by atoms with E-state index in [4.69, 9.17) is 13.9 Å². The predicted octanol–water partition coefficient (Wildman–Crippen LogP) is 3.22. The number of hydrogen-bond acceptors (Lipinski definition) is 5. The van der Waals surface area contributed by atoms with Crippen molar-refractivity contribution in [1.82, 2.24) is 15.1 Å². The second kappa shape index (κ2) is 10.0. The van der Waals surface area contributed by atoms with Crippen LogP contribution in [0, 0.1) is 5.92 Å². The van der Waals surface area contributed by atoms with Crippen LogP contribution in [0.5, 0.6) is 11.5 Å². The number of nitrogens with one attached hydrogen (secondary N) is 1. The number of amides is 3. The Hall–Kier alpha value is -3.16. The van der Waals surface area contributed by atoms with E-state index < -0.39 is 0 Å². The highest BCUT2D eigenvalue weighted by atomic mass is 16.7. The molecule has 30 heavy (non-hydrogen) atoms. The van der Waals surface area contributed by atoms with Crippen molar-refractivity contribution in [2.75, 3.05) is 26.4 Å². The predicted molar refractivity (Wildman–Crippen MR) is 111 cm³/mol. The first-order chi connectivity index (χ1) is 14.5. The second-order valence-electron chi connectivity index (χ2n) is 7.63. The molecular formula is C22H29N3O5. The highest BCUT2D eigenvalue weighted by molar-refractivity contribution is 5.84.